The Kier molecular flexibility index (Phi) is 4.56. The summed E-state index contributed by atoms with van der Waals surface area (Å²) >= 11 is 3.51. The molecule has 1 unspecified atom stereocenters. The molecule has 0 spiro atoms. The molecule has 1 N–H and O–H groups in total. The second-order valence-electron chi connectivity index (χ2n) is 4.58. The molecule has 2 atom stereocenters. The van der Waals surface area contributed by atoms with E-state index in [1.165, 1.54) is 11.1 Å². The third-order valence-electron chi connectivity index (χ3n) is 3.15. The van der Waals surface area contributed by atoms with Gasteiger partial charge in [-0.05, 0) is 37.1 Å². The first-order valence-electron chi connectivity index (χ1n) is 6.23. The summed E-state index contributed by atoms with van der Waals surface area (Å²) in [7, 11) is 0. The van der Waals surface area contributed by atoms with E-state index in [1.54, 1.807) is 0 Å². The average Bonchev–Trinajstić information content (AvgIpc) is 2.39. The van der Waals surface area contributed by atoms with Crippen molar-refractivity contribution in [1.82, 2.24) is 5.32 Å². The first-order valence-corrected chi connectivity index (χ1v) is 7.02. The van der Waals surface area contributed by atoms with Crippen molar-refractivity contribution in [2.45, 2.75) is 25.9 Å². The van der Waals surface area contributed by atoms with E-state index in [0.29, 0.717) is 12.1 Å². The molecular weight excluding hydrogens is 286 g/mol. The van der Waals surface area contributed by atoms with E-state index in [9.17, 15) is 0 Å². The van der Waals surface area contributed by atoms with Crippen molar-refractivity contribution in [3.63, 3.8) is 0 Å². The van der Waals surface area contributed by atoms with Gasteiger partial charge in [-0.15, -0.1) is 0 Å². The molecule has 94 valence electrons. The minimum Gasteiger partial charge on any atom is -0.304 e. The number of hydrogen-bond donors (Lipinski definition) is 1. The topological polar surface area (TPSA) is 12.0 Å². The minimum atomic E-state index is 0.331. The minimum absolute atomic E-state index is 0.331. The number of hydrogen-bond acceptors (Lipinski definition) is 1. The van der Waals surface area contributed by atoms with Crippen molar-refractivity contribution in [3.8, 4) is 0 Å². The zero-order valence-electron chi connectivity index (χ0n) is 10.7. The van der Waals surface area contributed by atoms with E-state index in [-0.39, 0.29) is 0 Å². The standard InChI is InChI=1S/C16H18BrN/c1-12(14-7-4-3-5-8-14)18-13(2)15-9-6-10-16(17)11-15/h3-13,18H,1-2H3/t12-,13?/m0/s1. The van der Waals surface area contributed by atoms with Crippen LogP contribution in [0.3, 0.4) is 0 Å². The van der Waals surface area contributed by atoms with Crippen LogP contribution in [0.5, 0.6) is 0 Å². The zero-order chi connectivity index (χ0) is 13.0. The molecule has 0 radical (unpaired) electrons. The molecule has 2 aromatic carbocycles. The maximum atomic E-state index is 3.62. The molecule has 0 aromatic heterocycles. The van der Waals surface area contributed by atoms with E-state index in [4.69, 9.17) is 0 Å². The van der Waals surface area contributed by atoms with Crippen LogP contribution < -0.4 is 5.32 Å². The van der Waals surface area contributed by atoms with Crippen molar-refractivity contribution in [2.24, 2.45) is 0 Å². The predicted octanol–water partition coefficient (Wildman–Crippen LogP) is 4.86. The average molecular weight is 304 g/mol. The van der Waals surface area contributed by atoms with Gasteiger partial charge in [-0.2, -0.15) is 0 Å². The van der Waals surface area contributed by atoms with Gasteiger partial charge in [0.25, 0.3) is 0 Å². The second kappa shape index (κ2) is 6.17. The Morgan fingerprint density at radius 1 is 0.833 bits per heavy atom. The molecule has 0 saturated heterocycles. The molecule has 0 aliphatic carbocycles. The SMILES string of the molecule is CC(N[C@@H](C)c1ccccc1)c1cccc(Br)c1. The third kappa shape index (κ3) is 3.44. The summed E-state index contributed by atoms with van der Waals surface area (Å²) in [4.78, 5) is 0. The van der Waals surface area contributed by atoms with Gasteiger partial charge in [0, 0.05) is 16.6 Å². The summed E-state index contributed by atoms with van der Waals surface area (Å²) in [6.07, 6.45) is 0. The Bertz CT molecular complexity index is 495. The monoisotopic (exact) mass is 303 g/mol. The van der Waals surface area contributed by atoms with Crippen LogP contribution in [0.15, 0.2) is 59.1 Å². The smallest absolute Gasteiger partial charge is 0.0297 e. The normalized spacial score (nSPS) is 14.2. The van der Waals surface area contributed by atoms with Gasteiger partial charge in [0.15, 0.2) is 0 Å². The van der Waals surface area contributed by atoms with Gasteiger partial charge in [-0.1, -0.05) is 58.4 Å². The number of rotatable bonds is 4. The van der Waals surface area contributed by atoms with Crippen LogP contribution in [0.2, 0.25) is 0 Å². The summed E-state index contributed by atoms with van der Waals surface area (Å²) in [6.45, 7) is 4.39. The first-order chi connectivity index (χ1) is 8.66. The van der Waals surface area contributed by atoms with Crippen molar-refractivity contribution in [2.75, 3.05) is 0 Å². The Morgan fingerprint density at radius 3 is 2.11 bits per heavy atom. The molecule has 0 fully saturated rings. The number of halogens is 1. The Labute approximate surface area is 117 Å². The fourth-order valence-corrected chi connectivity index (χ4v) is 2.50. The quantitative estimate of drug-likeness (QED) is 0.850. The maximum Gasteiger partial charge on any atom is 0.0297 e. The van der Waals surface area contributed by atoms with Crippen LogP contribution in [0.25, 0.3) is 0 Å². The van der Waals surface area contributed by atoms with Crippen LogP contribution in [0.1, 0.15) is 37.1 Å². The lowest BCUT2D eigenvalue weighted by Gasteiger charge is -2.21. The fourth-order valence-electron chi connectivity index (χ4n) is 2.09. The molecule has 2 heteroatoms. The van der Waals surface area contributed by atoms with Gasteiger partial charge in [0.1, 0.15) is 0 Å². The zero-order valence-corrected chi connectivity index (χ0v) is 12.3. The maximum absolute atomic E-state index is 3.62. The van der Waals surface area contributed by atoms with Gasteiger partial charge in [0.2, 0.25) is 0 Å². The van der Waals surface area contributed by atoms with Crippen LogP contribution in [-0.2, 0) is 0 Å². The molecule has 0 bridgehead atoms. The Hall–Kier alpha value is -1.12. The summed E-state index contributed by atoms with van der Waals surface area (Å²) in [5.74, 6) is 0. The van der Waals surface area contributed by atoms with E-state index in [1.807, 2.05) is 6.07 Å². The first kappa shape index (κ1) is 13.3. The molecule has 0 saturated carbocycles. The number of benzene rings is 2. The van der Waals surface area contributed by atoms with Gasteiger partial charge in [0.05, 0.1) is 0 Å². The van der Waals surface area contributed by atoms with Crippen molar-refractivity contribution >= 4 is 15.9 Å². The highest BCUT2D eigenvalue weighted by Gasteiger charge is 2.10. The van der Waals surface area contributed by atoms with Gasteiger partial charge in [-0.3, -0.25) is 0 Å². The molecular formula is C16H18BrN. The van der Waals surface area contributed by atoms with E-state index < -0.39 is 0 Å². The summed E-state index contributed by atoms with van der Waals surface area (Å²) in [5, 5.41) is 3.62. The van der Waals surface area contributed by atoms with Crippen LogP contribution in [-0.4, -0.2) is 0 Å². The van der Waals surface area contributed by atoms with Crippen LogP contribution >= 0.6 is 15.9 Å². The van der Waals surface area contributed by atoms with Gasteiger partial charge >= 0.3 is 0 Å². The number of nitrogens with one attached hydrogen (secondary N) is 1. The van der Waals surface area contributed by atoms with Crippen LogP contribution in [0.4, 0.5) is 0 Å². The van der Waals surface area contributed by atoms with Gasteiger partial charge < -0.3 is 5.32 Å². The lowest BCUT2D eigenvalue weighted by atomic mass is 10.0. The largest absolute Gasteiger partial charge is 0.304 e. The highest BCUT2D eigenvalue weighted by Crippen LogP contribution is 2.21. The summed E-state index contributed by atoms with van der Waals surface area (Å²) in [5.41, 5.74) is 2.62. The van der Waals surface area contributed by atoms with Crippen molar-refractivity contribution < 1.29 is 0 Å². The molecule has 18 heavy (non-hydrogen) atoms. The summed E-state index contributed by atoms with van der Waals surface area (Å²) < 4.78 is 1.13. The lowest BCUT2D eigenvalue weighted by Crippen LogP contribution is -2.22. The molecule has 0 heterocycles. The van der Waals surface area contributed by atoms with E-state index >= 15 is 0 Å². The Morgan fingerprint density at radius 2 is 1.44 bits per heavy atom. The van der Waals surface area contributed by atoms with Crippen molar-refractivity contribution in [3.05, 3.63) is 70.2 Å². The molecule has 0 aliphatic heterocycles. The molecule has 0 aliphatic rings. The lowest BCUT2D eigenvalue weighted by molar-refractivity contribution is 0.494. The second-order valence-corrected chi connectivity index (χ2v) is 5.49. The molecule has 0 amide bonds. The molecule has 1 nitrogen and oxygen atoms in total. The fraction of sp³-hybridized carbons (Fsp3) is 0.250. The summed E-state index contributed by atoms with van der Waals surface area (Å²) in [6, 6.07) is 19.6. The van der Waals surface area contributed by atoms with Crippen LogP contribution in [0, 0.1) is 0 Å². The van der Waals surface area contributed by atoms with Gasteiger partial charge in [-0.25, -0.2) is 0 Å². The highest BCUT2D eigenvalue weighted by molar-refractivity contribution is 9.10. The highest BCUT2D eigenvalue weighted by atomic mass is 79.9. The van der Waals surface area contributed by atoms with E-state index in [2.05, 4.69) is 83.6 Å². The molecule has 2 aromatic rings. The molecule has 2 rings (SSSR count). The predicted molar refractivity (Wildman–Crippen MR) is 80.5 cm³/mol. The van der Waals surface area contributed by atoms with E-state index in [0.717, 1.165) is 4.47 Å². The van der Waals surface area contributed by atoms with Crippen molar-refractivity contribution in [1.29, 1.82) is 0 Å². The Balaban J connectivity index is 2.05. The third-order valence-corrected chi connectivity index (χ3v) is 3.64.